The van der Waals surface area contributed by atoms with Crippen molar-refractivity contribution in [2.24, 2.45) is 0 Å². The zero-order valence-electron chi connectivity index (χ0n) is 6.60. The van der Waals surface area contributed by atoms with Crippen LogP contribution in [0.1, 0.15) is 0 Å². The smallest absolute Gasteiger partial charge is 0.223 e. The summed E-state index contributed by atoms with van der Waals surface area (Å²) in [5, 5.41) is 19.2. The molecule has 0 spiro atoms. The van der Waals surface area contributed by atoms with Crippen molar-refractivity contribution >= 4 is 22.1 Å². The molecule has 5 heteroatoms. The van der Waals surface area contributed by atoms with Crippen molar-refractivity contribution in [1.82, 2.24) is 25.6 Å². The molecule has 0 atom stereocenters. The lowest BCUT2D eigenvalue weighted by Gasteiger charge is -1.93. The van der Waals surface area contributed by atoms with Gasteiger partial charge in [0, 0.05) is 5.39 Å². The lowest BCUT2D eigenvalue weighted by molar-refractivity contribution is 0.948. The maximum atomic E-state index is 4.01. The molecule has 0 saturated carbocycles. The standard InChI is InChI=1S/C8H5N5/c1-2-4-6-5(3-1)7-8(11-9-6)12-13-10-7/h1-4H,(H,10,11,12,13). The minimum atomic E-state index is 0.554. The molecule has 0 radical (unpaired) electrons. The highest BCUT2D eigenvalue weighted by atomic mass is 15.4. The van der Waals surface area contributed by atoms with Gasteiger partial charge in [-0.1, -0.05) is 23.4 Å². The van der Waals surface area contributed by atoms with E-state index in [0.29, 0.717) is 5.65 Å². The van der Waals surface area contributed by atoms with E-state index in [-0.39, 0.29) is 0 Å². The van der Waals surface area contributed by atoms with Crippen molar-refractivity contribution in [3.63, 3.8) is 0 Å². The SMILES string of the molecule is c1ccc2c(c1)nnc1nn[nH]c12. The quantitative estimate of drug-likeness (QED) is 0.545. The molecule has 0 aliphatic rings. The molecule has 3 aromatic rings. The number of rotatable bonds is 0. The summed E-state index contributed by atoms with van der Waals surface area (Å²) in [5.74, 6) is 0. The Balaban J connectivity index is 2.65. The van der Waals surface area contributed by atoms with E-state index >= 15 is 0 Å². The van der Waals surface area contributed by atoms with E-state index in [0.717, 1.165) is 16.4 Å². The van der Waals surface area contributed by atoms with Crippen LogP contribution < -0.4 is 0 Å². The van der Waals surface area contributed by atoms with Gasteiger partial charge < -0.3 is 0 Å². The van der Waals surface area contributed by atoms with E-state index in [9.17, 15) is 0 Å². The Hall–Kier alpha value is -2.04. The first kappa shape index (κ1) is 6.47. The largest absolute Gasteiger partial charge is 0.255 e. The van der Waals surface area contributed by atoms with Gasteiger partial charge in [-0.25, -0.2) is 0 Å². The van der Waals surface area contributed by atoms with Gasteiger partial charge in [-0.2, -0.15) is 0 Å². The third kappa shape index (κ3) is 0.807. The van der Waals surface area contributed by atoms with Crippen LogP contribution in [0.25, 0.3) is 22.1 Å². The highest BCUT2D eigenvalue weighted by Gasteiger charge is 2.03. The second kappa shape index (κ2) is 2.22. The van der Waals surface area contributed by atoms with Crippen LogP contribution in [-0.2, 0) is 0 Å². The highest BCUT2D eigenvalue weighted by Crippen LogP contribution is 2.16. The number of nitrogens with zero attached hydrogens (tertiary/aromatic N) is 4. The zero-order valence-corrected chi connectivity index (χ0v) is 6.60. The molecule has 0 aliphatic heterocycles. The van der Waals surface area contributed by atoms with Gasteiger partial charge in [0.1, 0.15) is 5.52 Å². The summed E-state index contributed by atoms with van der Waals surface area (Å²) in [6, 6.07) is 7.74. The Morgan fingerprint density at radius 1 is 1.00 bits per heavy atom. The van der Waals surface area contributed by atoms with E-state index in [1.807, 2.05) is 24.3 Å². The minimum Gasteiger partial charge on any atom is -0.255 e. The highest BCUT2D eigenvalue weighted by molar-refractivity contribution is 5.99. The molecule has 5 nitrogen and oxygen atoms in total. The number of fused-ring (bicyclic) bond motifs is 3. The van der Waals surface area contributed by atoms with Gasteiger partial charge in [0.15, 0.2) is 0 Å². The predicted octanol–water partition coefficient (Wildman–Crippen LogP) is 0.901. The van der Waals surface area contributed by atoms with Crippen LogP contribution in [0.3, 0.4) is 0 Å². The van der Waals surface area contributed by atoms with Gasteiger partial charge in [-0.3, -0.25) is 5.10 Å². The fourth-order valence-corrected chi connectivity index (χ4v) is 1.35. The molecule has 1 aromatic carbocycles. The van der Waals surface area contributed by atoms with E-state index in [4.69, 9.17) is 0 Å². The second-order valence-corrected chi connectivity index (χ2v) is 2.73. The molecule has 0 bridgehead atoms. The first-order chi connectivity index (χ1) is 6.45. The number of aromatic nitrogens is 5. The number of hydrogen-bond donors (Lipinski definition) is 1. The number of H-pyrrole nitrogens is 1. The maximum absolute atomic E-state index is 4.01. The molecule has 0 amide bonds. The summed E-state index contributed by atoms with van der Waals surface area (Å²) in [6.07, 6.45) is 0. The third-order valence-corrected chi connectivity index (χ3v) is 1.96. The summed E-state index contributed by atoms with van der Waals surface area (Å²) < 4.78 is 0. The van der Waals surface area contributed by atoms with Crippen LogP contribution in [0.4, 0.5) is 0 Å². The predicted molar refractivity (Wildman–Crippen MR) is 47.0 cm³/mol. The molecule has 2 heterocycles. The molecule has 13 heavy (non-hydrogen) atoms. The summed E-state index contributed by atoms with van der Waals surface area (Å²) >= 11 is 0. The minimum absolute atomic E-state index is 0.554. The normalized spacial score (nSPS) is 11.1. The average Bonchev–Trinajstić information content (AvgIpc) is 2.65. The van der Waals surface area contributed by atoms with Crippen LogP contribution in [0.15, 0.2) is 24.3 Å². The summed E-state index contributed by atoms with van der Waals surface area (Å²) in [5.41, 5.74) is 2.24. The van der Waals surface area contributed by atoms with Crippen molar-refractivity contribution in [3.8, 4) is 0 Å². The van der Waals surface area contributed by atoms with Crippen molar-refractivity contribution < 1.29 is 0 Å². The topological polar surface area (TPSA) is 67.3 Å². The van der Waals surface area contributed by atoms with Crippen molar-refractivity contribution in [1.29, 1.82) is 0 Å². The van der Waals surface area contributed by atoms with Gasteiger partial charge in [-0.05, 0) is 6.07 Å². The Morgan fingerprint density at radius 3 is 2.92 bits per heavy atom. The lowest BCUT2D eigenvalue weighted by Crippen LogP contribution is -1.85. The molecular weight excluding hydrogens is 166 g/mol. The fourth-order valence-electron chi connectivity index (χ4n) is 1.35. The summed E-state index contributed by atoms with van der Waals surface area (Å²) in [4.78, 5) is 0. The molecule has 0 unspecified atom stereocenters. The Morgan fingerprint density at radius 2 is 1.92 bits per heavy atom. The van der Waals surface area contributed by atoms with E-state index in [1.54, 1.807) is 0 Å². The van der Waals surface area contributed by atoms with Crippen LogP contribution in [0.2, 0.25) is 0 Å². The molecule has 0 aliphatic carbocycles. The Bertz CT molecular complexity index is 571. The number of hydrogen-bond acceptors (Lipinski definition) is 4. The average molecular weight is 171 g/mol. The van der Waals surface area contributed by atoms with Crippen LogP contribution in [-0.4, -0.2) is 25.6 Å². The van der Waals surface area contributed by atoms with Crippen LogP contribution in [0.5, 0.6) is 0 Å². The molecule has 3 rings (SSSR count). The monoisotopic (exact) mass is 171 g/mol. The van der Waals surface area contributed by atoms with Crippen LogP contribution in [0, 0.1) is 0 Å². The summed E-state index contributed by atoms with van der Waals surface area (Å²) in [6.45, 7) is 0. The third-order valence-electron chi connectivity index (χ3n) is 1.96. The van der Waals surface area contributed by atoms with E-state index in [1.165, 1.54) is 0 Å². The van der Waals surface area contributed by atoms with Crippen molar-refractivity contribution in [2.45, 2.75) is 0 Å². The molecule has 2 aromatic heterocycles. The Labute approximate surface area is 72.8 Å². The van der Waals surface area contributed by atoms with E-state index < -0.39 is 0 Å². The first-order valence-electron chi connectivity index (χ1n) is 3.87. The zero-order chi connectivity index (χ0) is 8.67. The fraction of sp³-hybridized carbons (Fsp3) is 0. The van der Waals surface area contributed by atoms with Gasteiger partial charge >= 0.3 is 0 Å². The second-order valence-electron chi connectivity index (χ2n) is 2.73. The summed E-state index contributed by atoms with van der Waals surface area (Å²) in [7, 11) is 0. The maximum Gasteiger partial charge on any atom is 0.223 e. The van der Waals surface area contributed by atoms with Crippen LogP contribution >= 0.6 is 0 Å². The van der Waals surface area contributed by atoms with Crippen molar-refractivity contribution in [2.75, 3.05) is 0 Å². The van der Waals surface area contributed by atoms with Gasteiger partial charge in [0.2, 0.25) is 5.65 Å². The van der Waals surface area contributed by atoms with Gasteiger partial charge in [0.25, 0.3) is 0 Å². The number of nitrogens with one attached hydrogen (secondary N) is 1. The van der Waals surface area contributed by atoms with Gasteiger partial charge in [0.05, 0.1) is 5.52 Å². The number of benzene rings is 1. The molecular formula is C8H5N5. The Kier molecular flexibility index (Phi) is 1.11. The lowest BCUT2D eigenvalue weighted by atomic mass is 10.2. The van der Waals surface area contributed by atoms with Gasteiger partial charge in [-0.15, -0.1) is 15.3 Å². The molecule has 62 valence electrons. The van der Waals surface area contributed by atoms with Crippen molar-refractivity contribution in [3.05, 3.63) is 24.3 Å². The molecule has 0 saturated heterocycles. The molecule has 0 fully saturated rings. The van der Waals surface area contributed by atoms with E-state index in [2.05, 4.69) is 25.6 Å². The first-order valence-corrected chi connectivity index (χ1v) is 3.87. The molecule has 1 N–H and O–H groups in total. The number of aromatic amines is 1.